The van der Waals surface area contributed by atoms with Crippen molar-refractivity contribution in [3.63, 3.8) is 0 Å². The highest BCUT2D eigenvalue weighted by Gasteiger charge is 2.24. The van der Waals surface area contributed by atoms with Crippen LogP contribution in [0.25, 0.3) is 0 Å². The van der Waals surface area contributed by atoms with E-state index in [4.69, 9.17) is 9.84 Å². The molecule has 1 rings (SSSR count). The maximum absolute atomic E-state index is 13.7. The Morgan fingerprint density at radius 2 is 2.11 bits per heavy atom. The van der Waals surface area contributed by atoms with Crippen LogP contribution in [0.3, 0.4) is 0 Å². The van der Waals surface area contributed by atoms with Crippen LogP contribution in [0.5, 0.6) is 5.75 Å². The highest BCUT2D eigenvalue weighted by atomic mass is 19.1. The van der Waals surface area contributed by atoms with Gasteiger partial charge in [-0.1, -0.05) is 0 Å². The summed E-state index contributed by atoms with van der Waals surface area (Å²) in [6.07, 6.45) is -3.88. The van der Waals surface area contributed by atoms with Crippen molar-refractivity contribution in [2.45, 2.75) is 18.6 Å². The molecule has 0 bridgehead atoms. The topological polar surface area (TPSA) is 96.2 Å². The molecule has 0 fully saturated rings. The first-order valence-electron chi connectivity index (χ1n) is 5.44. The van der Waals surface area contributed by atoms with Gasteiger partial charge in [-0.25, -0.2) is 4.39 Å². The van der Waals surface area contributed by atoms with Gasteiger partial charge < -0.3 is 24.8 Å². The SMILES string of the molecule is COCOc1ccc(C(O)C(O)CC(=O)O)c(F)c1. The lowest BCUT2D eigenvalue weighted by molar-refractivity contribution is -0.141. The summed E-state index contributed by atoms with van der Waals surface area (Å²) in [7, 11) is 1.41. The minimum absolute atomic E-state index is 0.0526. The van der Waals surface area contributed by atoms with E-state index in [9.17, 15) is 19.4 Å². The number of carboxylic acids is 1. The number of aliphatic hydroxyl groups excluding tert-OH is 2. The summed E-state index contributed by atoms with van der Waals surface area (Å²) >= 11 is 0. The van der Waals surface area contributed by atoms with Crippen LogP contribution < -0.4 is 4.74 Å². The van der Waals surface area contributed by atoms with E-state index in [-0.39, 0.29) is 18.1 Å². The molecule has 0 radical (unpaired) electrons. The van der Waals surface area contributed by atoms with Gasteiger partial charge in [-0.05, 0) is 12.1 Å². The monoisotopic (exact) mass is 274 g/mol. The molecule has 0 saturated carbocycles. The summed E-state index contributed by atoms with van der Waals surface area (Å²) in [4.78, 5) is 10.4. The Morgan fingerprint density at radius 1 is 1.42 bits per heavy atom. The third-order valence-corrected chi connectivity index (χ3v) is 2.38. The lowest BCUT2D eigenvalue weighted by Crippen LogP contribution is -2.22. The Labute approximate surface area is 109 Å². The van der Waals surface area contributed by atoms with E-state index < -0.39 is 30.4 Å². The predicted molar refractivity (Wildman–Crippen MR) is 62.1 cm³/mol. The molecule has 7 heteroatoms. The Hall–Kier alpha value is -1.70. The van der Waals surface area contributed by atoms with Crippen LogP contribution in [-0.2, 0) is 9.53 Å². The number of ether oxygens (including phenoxy) is 2. The molecule has 0 saturated heterocycles. The van der Waals surface area contributed by atoms with Gasteiger partial charge in [0, 0.05) is 18.7 Å². The van der Waals surface area contributed by atoms with Crippen LogP contribution in [0, 0.1) is 5.82 Å². The summed E-state index contributed by atoms with van der Waals surface area (Å²) < 4.78 is 23.3. The fourth-order valence-electron chi connectivity index (χ4n) is 1.46. The molecule has 0 aliphatic rings. The van der Waals surface area contributed by atoms with E-state index in [1.165, 1.54) is 19.2 Å². The molecule has 2 atom stereocenters. The molecule has 19 heavy (non-hydrogen) atoms. The zero-order chi connectivity index (χ0) is 14.4. The van der Waals surface area contributed by atoms with Crippen molar-refractivity contribution in [1.82, 2.24) is 0 Å². The van der Waals surface area contributed by atoms with Crippen LogP contribution in [-0.4, -0.2) is 41.3 Å². The van der Waals surface area contributed by atoms with Gasteiger partial charge in [-0.15, -0.1) is 0 Å². The second-order valence-electron chi connectivity index (χ2n) is 3.84. The molecule has 1 aromatic carbocycles. The Bertz CT molecular complexity index is 436. The van der Waals surface area contributed by atoms with Gasteiger partial charge in [0.05, 0.1) is 12.5 Å². The van der Waals surface area contributed by atoms with Crippen molar-refractivity contribution in [3.8, 4) is 5.75 Å². The first kappa shape index (κ1) is 15.4. The Morgan fingerprint density at radius 3 is 2.63 bits per heavy atom. The van der Waals surface area contributed by atoms with Crippen molar-refractivity contribution >= 4 is 5.97 Å². The maximum Gasteiger partial charge on any atom is 0.306 e. The smallest absolute Gasteiger partial charge is 0.306 e. The molecule has 0 spiro atoms. The van der Waals surface area contributed by atoms with Crippen LogP contribution in [0.2, 0.25) is 0 Å². The zero-order valence-electron chi connectivity index (χ0n) is 10.2. The number of benzene rings is 1. The van der Waals surface area contributed by atoms with Gasteiger partial charge in [-0.3, -0.25) is 4.79 Å². The number of rotatable bonds is 7. The Balaban J connectivity index is 2.80. The zero-order valence-corrected chi connectivity index (χ0v) is 10.2. The average Bonchev–Trinajstić information content (AvgIpc) is 2.34. The Kier molecular flexibility index (Phi) is 5.68. The molecule has 1 aromatic rings. The molecular weight excluding hydrogens is 259 g/mol. The van der Waals surface area contributed by atoms with E-state index in [1.54, 1.807) is 0 Å². The first-order valence-corrected chi connectivity index (χ1v) is 5.44. The predicted octanol–water partition coefficient (Wildman–Crippen LogP) is 0.677. The molecule has 0 amide bonds. The fourth-order valence-corrected chi connectivity index (χ4v) is 1.46. The average molecular weight is 274 g/mol. The van der Waals surface area contributed by atoms with E-state index >= 15 is 0 Å². The number of aliphatic hydroxyl groups is 2. The molecule has 0 aliphatic heterocycles. The summed E-state index contributed by atoms with van der Waals surface area (Å²) in [5.41, 5.74) is -0.196. The summed E-state index contributed by atoms with van der Waals surface area (Å²) in [5, 5.41) is 27.6. The van der Waals surface area contributed by atoms with E-state index in [1.807, 2.05) is 0 Å². The highest BCUT2D eigenvalue weighted by molar-refractivity contribution is 5.67. The van der Waals surface area contributed by atoms with Crippen LogP contribution in [0.15, 0.2) is 18.2 Å². The van der Waals surface area contributed by atoms with Gasteiger partial charge in [0.15, 0.2) is 6.79 Å². The third-order valence-electron chi connectivity index (χ3n) is 2.38. The van der Waals surface area contributed by atoms with Gasteiger partial charge in [0.1, 0.15) is 17.7 Å². The van der Waals surface area contributed by atoms with Crippen molar-refractivity contribution in [1.29, 1.82) is 0 Å². The molecule has 0 aliphatic carbocycles. The molecule has 3 N–H and O–H groups in total. The number of halogens is 1. The summed E-state index contributed by atoms with van der Waals surface area (Å²) in [5.74, 6) is -1.89. The normalized spacial score (nSPS) is 13.9. The van der Waals surface area contributed by atoms with Crippen LogP contribution >= 0.6 is 0 Å². The van der Waals surface area contributed by atoms with E-state index in [2.05, 4.69) is 4.74 Å². The number of carboxylic acid groups (broad SMARTS) is 1. The number of aliphatic carboxylic acids is 1. The minimum atomic E-state index is -1.62. The lowest BCUT2D eigenvalue weighted by Gasteiger charge is -2.17. The fraction of sp³-hybridized carbons (Fsp3) is 0.417. The highest BCUT2D eigenvalue weighted by Crippen LogP contribution is 2.25. The number of hydrogen-bond acceptors (Lipinski definition) is 5. The summed E-state index contributed by atoms with van der Waals surface area (Å²) in [6, 6.07) is 3.62. The van der Waals surface area contributed by atoms with Crippen molar-refractivity contribution in [2.75, 3.05) is 13.9 Å². The molecule has 106 valence electrons. The number of carbonyl (C=O) groups is 1. The lowest BCUT2D eigenvalue weighted by atomic mass is 10.0. The first-order chi connectivity index (χ1) is 8.95. The number of hydrogen-bond donors (Lipinski definition) is 3. The van der Waals surface area contributed by atoms with Crippen molar-refractivity contribution in [3.05, 3.63) is 29.6 Å². The van der Waals surface area contributed by atoms with E-state index in [0.29, 0.717) is 0 Å². The van der Waals surface area contributed by atoms with Gasteiger partial charge >= 0.3 is 5.97 Å². The number of methoxy groups -OCH3 is 1. The largest absolute Gasteiger partial charge is 0.481 e. The van der Waals surface area contributed by atoms with E-state index in [0.717, 1.165) is 6.07 Å². The quantitative estimate of drug-likeness (QED) is 0.633. The minimum Gasteiger partial charge on any atom is -0.481 e. The van der Waals surface area contributed by atoms with Gasteiger partial charge in [0.2, 0.25) is 0 Å². The van der Waals surface area contributed by atoms with Crippen LogP contribution in [0.4, 0.5) is 4.39 Å². The van der Waals surface area contributed by atoms with Gasteiger partial charge in [-0.2, -0.15) is 0 Å². The van der Waals surface area contributed by atoms with Crippen molar-refractivity contribution in [2.24, 2.45) is 0 Å². The second kappa shape index (κ2) is 7.03. The molecule has 0 aromatic heterocycles. The molecule has 6 nitrogen and oxygen atoms in total. The standard InChI is InChI=1S/C12H15FO6/c1-18-6-19-7-2-3-8(9(13)4-7)12(17)10(14)5-11(15)16/h2-4,10,12,14,17H,5-6H2,1H3,(H,15,16). The molecular formula is C12H15FO6. The molecule has 0 heterocycles. The van der Waals surface area contributed by atoms with Crippen LogP contribution in [0.1, 0.15) is 18.1 Å². The second-order valence-corrected chi connectivity index (χ2v) is 3.84. The third kappa shape index (κ3) is 4.47. The molecule has 2 unspecified atom stereocenters. The summed E-state index contributed by atoms with van der Waals surface area (Å²) in [6.45, 7) is -0.0526. The van der Waals surface area contributed by atoms with Crippen molar-refractivity contribution < 1.29 is 34.0 Å². The van der Waals surface area contributed by atoms with Gasteiger partial charge in [0.25, 0.3) is 0 Å². The maximum atomic E-state index is 13.7.